The van der Waals surface area contributed by atoms with Crippen LogP contribution in [0.5, 0.6) is 5.75 Å². The van der Waals surface area contributed by atoms with E-state index in [0.717, 1.165) is 14.3 Å². The van der Waals surface area contributed by atoms with Crippen molar-refractivity contribution in [2.24, 2.45) is 5.10 Å². The van der Waals surface area contributed by atoms with Crippen molar-refractivity contribution in [2.45, 2.75) is 4.90 Å². The maximum absolute atomic E-state index is 13.3. The molecule has 7 nitrogen and oxygen atoms in total. The van der Waals surface area contributed by atoms with Gasteiger partial charge in [-0.25, -0.2) is 13.8 Å². The first-order valence-corrected chi connectivity index (χ1v) is 11.9. The first-order chi connectivity index (χ1) is 15.3. The molecule has 0 aliphatic rings. The molecule has 1 N–H and O–H groups in total. The lowest BCUT2D eigenvalue weighted by atomic mass is 10.2. The summed E-state index contributed by atoms with van der Waals surface area (Å²) in [7, 11) is -2.59. The van der Waals surface area contributed by atoms with Crippen LogP contribution in [0.25, 0.3) is 0 Å². The molecule has 0 fully saturated rings. The van der Waals surface area contributed by atoms with Gasteiger partial charge in [0.25, 0.3) is 15.9 Å². The largest absolute Gasteiger partial charge is 0.497 e. The Morgan fingerprint density at radius 2 is 1.84 bits per heavy atom. The molecule has 0 aromatic heterocycles. The van der Waals surface area contributed by atoms with Crippen LogP contribution in [-0.2, 0) is 14.8 Å². The first kappa shape index (κ1) is 23.8. The third-order valence-electron chi connectivity index (χ3n) is 4.28. The molecule has 1 amide bonds. The number of carbonyl (C=O) groups excluding carboxylic acids is 1. The van der Waals surface area contributed by atoms with E-state index in [0.29, 0.717) is 10.8 Å². The van der Waals surface area contributed by atoms with Crippen LogP contribution in [0.1, 0.15) is 5.56 Å². The molecule has 0 spiro atoms. The van der Waals surface area contributed by atoms with Crippen molar-refractivity contribution in [3.63, 3.8) is 0 Å². The molecule has 3 aromatic carbocycles. The van der Waals surface area contributed by atoms with E-state index in [1.54, 1.807) is 18.2 Å². The molecular weight excluding hydrogens is 518 g/mol. The van der Waals surface area contributed by atoms with Crippen LogP contribution in [0, 0.1) is 0 Å². The zero-order valence-corrected chi connectivity index (χ0v) is 20.1. The summed E-state index contributed by atoms with van der Waals surface area (Å²) in [6.07, 6.45) is 1.46. The summed E-state index contributed by atoms with van der Waals surface area (Å²) in [4.78, 5) is 12.6. The van der Waals surface area contributed by atoms with Gasteiger partial charge in [-0.15, -0.1) is 0 Å². The van der Waals surface area contributed by atoms with Gasteiger partial charge >= 0.3 is 0 Å². The number of hydrogen-bond donors (Lipinski definition) is 1. The number of nitrogens with zero attached hydrogens (tertiary/aromatic N) is 2. The number of halogens is 2. The molecule has 3 rings (SSSR count). The van der Waals surface area contributed by atoms with E-state index in [9.17, 15) is 13.2 Å². The minimum Gasteiger partial charge on any atom is -0.497 e. The monoisotopic (exact) mass is 535 g/mol. The summed E-state index contributed by atoms with van der Waals surface area (Å²) in [5.74, 6) is -0.105. The van der Waals surface area contributed by atoms with Gasteiger partial charge in [-0.05, 0) is 60.2 Å². The second-order valence-electron chi connectivity index (χ2n) is 6.52. The number of nitrogens with one attached hydrogen (secondary N) is 1. The van der Waals surface area contributed by atoms with Crippen LogP contribution in [0.15, 0.2) is 87.3 Å². The highest BCUT2D eigenvalue weighted by atomic mass is 79.9. The van der Waals surface area contributed by atoms with E-state index in [2.05, 4.69) is 26.5 Å². The van der Waals surface area contributed by atoms with Gasteiger partial charge in [-0.1, -0.05) is 45.7 Å². The average molecular weight is 537 g/mol. The molecule has 0 heterocycles. The Kier molecular flexibility index (Phi) is 7.89. The number of benzene rings is 3. The molecule has 0 atom stereocenters. The number of sulfonamides is 1. The predicted octanol–water partition coefficient (Wildman–Crippen LogP) is 4.46. The third kappa shape index (κ3) is 6.09. The van der Waals surface area contributed by atoms with Crippen molar-refractivity contribution in [2.75, 3.05) is 18.0 Å². The minimum absolute atomic E-state index is 0.00344. The van der Waals surface area contributed by atoms with E-state index in [1.165, 1.54) is 43.7 Å². The molecule has 0 aliphatic carbocycles. The summed E-state index contributed by atoms with van der Waals surface area (Å²) in [5.41, 5.74) is 3.37. The number of hydrazone groups is 1. The highest BCUT2D eigenvalue weighted by Gasteiger charge is 2.27. The standard InChI is InChI=1S/C22H19BrClN3O4S/c1-31-20-8-10-21(11-9-20)32(29,30)27(19-7-3-6-18(24)13-19)15-22(28)26-25-14-16-4-2-5-17(23)12-16/h2-14H,15H2,1H3,(H,26,28)/b25-14-. The Bertz CT molecular complexity index is 1230. The molecule has 3 aromatic rings. The normalized spacial score (nSPS) is 11.3. The average Bonchev–Trinajstić information content (AvgIpc) is 2.77. The maximum Gasteiger partial charge on any atom is 0.264 e. The van der Waals surface area contributed by atoms with Crippen LogP contribution >= 0.6 is 27.5 Å². The van der Waals surface area contributed by atoms with Crippen LogP contribution in [-0.4, -0.2) is 34.2 Å². The van der Waals surface area contributed by atoms with Gasteiger partial charge in [0, 0.05) is 9.50 Å². The van der Waals surface area contributed by atoms with Crippen molar-refractivity contribution in [1.29, 1.82) is 0 Å². The van der Waals surface area contributed by atoms with E-state index in [4.69, 9.17) is 16.3 Å². The summed E-state index contributed by atoms with van der Waals surface area (Å²) >= 11 is 9.42. The fraction of sp³-hybridized carbons (Fsp3) is 0.0909. The summed E-state index contributed by atoms with van der Waals surface area (Å²) in [6, 6.07) is 19.5. The Balaban J connectivity index is 1.85. The molecule has 166 valence electrons. The number of amides is 1. The lowest BCUT2D eigenvalue weighted by Gasteiger charge is -2.24. The SMILES string of the molecule is COc1ccc(S(=O)(=O)N(CC(=O)N/N=C\c2cccc(Br)c2)c2cccc(Cl)c2)cc1. The molecule has 10 heteroatoms. The van der Waals surface area contributed by atoms with Gasteiger partial charge in [-0.3, -0.25) is 9.10 Å². The number of anilines is 1. The van der Waals surface area contributed by atoms with Gasteiger partial charge in [0.2, 0.25) is 0 Å². The molecule has 0 radical (unpaired) electrons. The predicted molar refractivity (Wildman–Crippen MR) is 129 cm³/mol. The van der Waals surface area contributed by atoms with Crippen molar-refractivity contribution >= 4 is 55.4 Å². The highest BCUT2D eigenvalue weighted by Crippen LogP contribution is 2.27. The number of hydrogen-bond acceptors (Lipinski definition) is 5. The molecule has 0 bridgehead atoms. The Labute approximate surface area is 199 Å². The smallest absolute Gasteiger partial charge is 0.264 e. The molecular formula is C22H19BrClN3O4S. The Morgan fingerprint density at radius 3 is 2.50 bits per heavy atom. The van der Waals surface area contributed by atoms with Crippen LogP contribution in [0.3, 0.4) is 0 Å². The quantitative estimate of drug-likeness (QED) is 0.340. The lowest BCUT2D eigenvalue weighted by Crippen LogP contribution is -2.39. The van der Waals surface area contributed by atoms with Gasteiger partial charge in [0.15, 0.2) is 0 Å². The molecule has 0 aliphatic heterocycles. The number of rotatable bonds is 8. The fourth-order valence-corrected chi connectivity index (χ4v) is 4.77. The Hall–Kier alpha value is -2.88. The lowest BCUT2D eigenvalue weighted by molar-refractivity contribution is -0.119. The van der Waals surface area contributed by atoms with Crippen molar-refractivity contribution in [3.8, 4) is 5.75 Å². The van der Waals surface area contributed by atoms with Crippen molar-refractivity contribution in [3.05, 3.63) is 87.9 Å². The summed E-state index contributed by atoms with van der Waals surface area (Å²) in [5, 5.41) is 4.25. The molecule has 0 saturated carbocycles. The van der Waals surface area contributed by atoms with Gasteiger partial charge < -0.3 is 4.74 Å². The second-order valence-corrected chi connectivity index (χ2v) is 9.73. The van der Waals surface area contributed by atoms with Gasteiger partial charge in [0.1, 0.15) is 12.3 Å². The second kappa shape index (κ2) is 10.6. The first-order valence-electron chi connectivity index (χ1n) is 9.29. The fourth-order valence-electron chi connectivity index (χ4n) is 2.75. The van der Waals surface area contributed by atoms with Crippen molar-refractivity contribution < 1.29 is 17.9 Å². The van der Waals surface area contributed by atoms with E-state index in [-0.39, 0.29) is 10.6 Å². The zero-order valence-electron chi connectivity index (χ0n) is 16.9. The van der Waals surface area contributed by atoms with Crippen molar-refractivity contribution in [1.82, 2.24) is 5.43 Å². The Morgan fingerprint density at radius 1 is 1.12 bits per heavy atom. The molecule has 0 unspecified atom stereocenters. The van der Waals surface area contributed by atoms with Crippen LogP contribution < -0.4 is 14.5 Å². The van der Waals surface area contributed by atoms with E-state index >= 15 is 0 Å². The minimum atomic E-state index is -4.07. The third-order valence-corrected chi connectivity index (χ3v) is 6.80. The topological polar surface area (TPSA) is 88.1 Å². The zero-order chi connectivity index (χ0) is 23.1. The molecule has 0 saturated heterocycles. The van der Waals surface area contributed by atoms with Gasteiger partial charge in [0.05, 0.1) is 23.9 Å². The number of carbonyl (C=O) groups is 1. The maximum atomic E-state index is 13.3. The van der Waals surface area contributed by atoms with Crippen LogP contribution in [0.2, 0.25) is 5.02 Å². The van der Waals surface area contributed by atoms with E-state index in [1.807, 2.05) is 24.3 Å². The summed E-state index contributed by atoms with van der Waals surface area (Å²) < 4.78 is 33.6. The summed E-state index contributed by atoms with van der Waals surface area (Å²) in [6.45, 7) is -0.496. The molecule has 32 heavy (non-hydrogen) atoms. The number of methoxy groups -OCH3 is 1. The highest BCUT2D eigenvalue weighted by molar-refractivity contribution is 9.10. The van der Waals surface area contributed by atoms with Crippen LogP contribution in [0.4, 0.5) is 5.69 Å². The van der Waals surface area contributed by atoms with Gasteiger partial charge in [-0.2, -0.15) is 5.10 Å². The van der Waals surface area contributed by atoms with E-state index < -0.39 is 22.5 Å². The number of ether oxygens (including phenoxy) is 1.